The Labute approximate surface area is 136 Å². The van der Waals surface area contributed by atoms with Crippen LogP contribution in [0.5, 0.6) is 5.75 Å². The predicted octanol–water partition coefficient (Wildman–Crippen LogP) is 4.02. The van der Waals surface area contributed by atoms with Crippen LogP contribution < -0.4 is 10.1 Å². The van der Waals surface area contributed by atoms with E-state index in [1.54, 1.807) is 13.2 Å². The highest BCUT2D eigenvalue weighted by Gasteiger charge is 2.09. The highest BCUT2D eigenvalue weighted by atomic mass is 32.1. The third-order valence-corrected chi connectivity index (χ3v) is 4.33. The van der Waals surface area contributed by atoms with Crippen molar-refractivity contribution in [3.63, 3.8) is 0 Å². The normalized spacial score (nSPS) is 10.7. The fourth-order valence-corrected chi connectivity index (χ4v) is 3.09. The Hall–Kier alpha value is -2.47. The average molecular weight is 330 g/mol. The van der Waals surface area contributed by atoms with Gasteiger partial charge in [-0.25, -0.2) is 9.37 Å². The van der Waals surface area contributed by atoms with Crippen molar-refractivity contribution >= 4 is 32.6 Å². The molecule has 0 bridgehead atoms. The van der Waals surface area contributed by atoms with E-state index in [2.05, 4.69) is 10.3 Å². The van der Waals surface area contributed by atoms with Gasteiger partial charge in [0.15, 0.2) is 5.13 Å². The maximum atomic E-state index is 13.2. The van der Waals surface area contributed by atoms with Gasteiger partial charge in [0.25, 0.3) is 0 Å². The summed E-state index contributed by atoms with van der Waals surface area (Å²) in [6, 6.07) is 12.0. The molecule has 0 saturated heterocycles. The number of rotatable bonds is 5. The smallest absolute Gasteiger partial charge is 0.226 e. The molecule has 1 heterocycles. The van der Waals surface area contributed by atoms with Crippen molar-refractivity contribution in [2.75, 3.05) is 12.4 Å². The van der Waals surface area contributed by atoms with Crippen molar-refractivity contribution in [1.82, 2.24) is 4.98 Å². The fourth-order valence-electron chi connectivity index (χ4n) is 2.18. The zero-order valence-corrected chi connectivity index (χ0v) is 13.3. The number of thiazole rings is 1. The minimum atomic E-state index is -0.307. The summed E-state index contributed by atoms with van der Waals surface area (Å²) < 4.78 is 19.0. The van der Waals surface area contributed by atoms with Gasteiger partial charge in [0, 0.05) is 6.42 Å². The lowest BCUT2D eigenvalue weighted by molar-refractivity contribution is -0.116. The van der Waals surface area contributed by atoms with Crippen LogP contribution in [-0.4, -0.2) is 18.0 Å². The lowest BCUT2D eigenvalue weighted by atomic mass is 10.1. The molecule has 0 unspecified atom stereocenters. The first kappa shape index (κ1) is 15.4. The standard InChI is InChI=1S/C17H15FN2O2S/c1-22-13-6-2-11(3-7-13)4-9-16(21)20-17-19-14-8-5-12(18)10-15(14)23-17/h2-3,5-8,10H,4,9H2,1H3,(H,19,20,21). The zero-order valence-electron chi connectivity index (χ0n) is 12.5. The summed E-state index contributed by atoms with van der Waals surface area (Å²) in [4.78, 5) is 16.3. The molecule has 1 amide bonds. The second kappa shape index (κ2) is 6.75. The molecule has 0 saturated carbocycles. The number of hydrogen-bond donors (Lipinski definition) is 1. The first-order valence-electron chi connectivity index (χ1n) is 7.13. The average Bonchev–Trinajstić information content (AvgIpc) is 2.94. The van der Waals surface area contributed by atoms with Crippen molar-refractivity contribution in [3.8, 4) is 5.75 Å². The minimum Gasteiger partial charge on any atom is -0.497 e. The molecule has 3 rings (SSSR count). The molecule has 1 aromatic heterocycles. The van der Waals surface area contributed by atoms with Gasteiger partial charge in [0.2, 0.25) is 5.91 Å². The Morgan fingerprint density at radius 1 is 1.26 bits per heavy atom. The number of anilines is 1. The molecule has 0 atom stereocenters. The topological polar surface area (TPSA) is 51.2 Å². The molecular formula is C17H15FN2O2S. The molecule has 0 aliphatic heterocycles. The van der Waals surface area contributed by atoms with E-state index in [1.807, 2.05) is 24.3 Å². The Morgan fingerprint density at radius 2 is 2.04 bits per heavy atom. The molecular weight excluding hydrogens is 315 g/mol. The van der Waals surface area contributed by atoms with Crippen LogP contribution in [0.15, 0.2) is 42.5 Å². The maximum Gasteiger partial charge on any atom is 0.226 e. The molecule has 23 heavy (non-hydrogen) atoms. The second-order valence-corrected chi connectivity index (χ2v) is 6.06. The Kier molecular flexibility index (Phi) is 4.52. The highest BCUT2D eigenvalue weighted by Crippen LogP contribution is 2.26. The van der Waals surface area contributed by atoms with Gasteiger partial charge in [0.05, 0.1) is 17.3 Å². The summed E-state index contributed by atoms with van der Waals surface area (Å²) in [5, 5.41) is 3.26. The van der Waals surface area contributed by atoms with Gasteiger partial charge in [-0.15, -0.1) is 0 Å². The number of halogens is 1. The number of aryl methyl sites for hydroxylation is 1. The lowest BCUT2D eigenvalue weighted by Crippen LogP contribution is -2.12. The number of nitrogens with one attached hydrogen (secondary N) is 1. The first-order valence-corrected chi connectivity index (χ1v) is 7.94. The Bertz CT molecular complexity index is 830. The van der Waals surface area contributed by atoms with Crippen LogP contribution in [0.4, 0.5) is 9.52 Å². The number of carbonyl (C=O) groups is 1. The van der Waals surface area contributed by atoms with E-state index in [4.69, 9.17) is 4.74 Å². The Balaban J connectivity index is 1.59. The number of nitrogens with zero attached hydrogens (tertiary/aromatic N) is 1. The van der Waals surface area contributed by atoms with E-state index in [-0.39, 0.29) is 11.7 Å². The lowest BCUT2D eigenvalue weighted by Gasteiger charge is -2.03. The van der Waals surface area contributed by atoms with Crippen molar-refractivity contribution in [2.45, 2.75) is 12.8 Å². The van der Waals surface area contributed by atoms with Crippen LogP contribution in [0.3, 0.4) is 0 Å². The summed E-state index contributed by atoms with van der Waals surface area (Å²) in [5.41, 5.74) is 1.74. The minimum absolute atomic E-state index is 0.111. The molecule has 3 aromatic rings. The number of methoxy groups -OCH3 is 1. The highest BCUT2D eigenvalue weighted by molar-refractivity contribution is 7.22. The zero-order chi connectivity index (χ0) is 16.2. The molecule has 1 N–H and O–H groups in total. The third-order valence-electron chi connectivity index (χ3n) is 3.40. The molecule has 118 valence electrons. The van der Waals surface area contributed by atoms with E-state index in [0.29, 0.717) is 23.5 Å². The quantitative estimate of drug-likeness (QED) is 0.769. The van der Waals surface area contributed by atoms with Crippen LogP contribution in [0.2, 0.25) is 0 Å². The molecule has 6 heteroatoms. The van der Waals surface area contributed by atoms with E-state index in [9.17, 15) is 9.18 Å². The van der Waals surface area contributed by atoms with Crippen LogP contribution in [0, 0.1) is 5.82 Å². The number of fused-ring (bicyclic) bond motifs is 1. The summed E-state index contributed by atoms with van der Waals surface area (Å²) in [6.45, 7) is 0. The molecule has 4 nitrogen and oxygen atoms in total. The molecule has 0 fully saturated rings. The maximum absolute atomic E-state index is 13.2. The third kappa shape index (κ3) is 3.84. The fraction of sp³-hybridized carbons (Fsp3) is 0.176. The number of carbonyl (C=O) groups excluding carboxylic acids is 1. The van der Waals surface area contributed by atoms with Crippen molar-refractivity contribution < 1.29 is 13.9 Å². The van der Waals surface area contributed by atoms with Crippen LogP contribution >= 0.6 is 11.3 Å². The van der Waals surface area contributed by atoms with Crippen LogP contribution in [-0.2, 0) is 11.2 Å². The molecule has 2 aromatic carbocycles. The molecule has 0 aliphatic rings. The van der Waals surface area contributed by atoms with Gasteiger partial charge in [0.1, 0.15) is 11.6 Å². The van der Waals surface area contributed by atoms with Crippen molar-refractivity contribution in [2.24, 2.45) is 0 Å². The first-order chi connectivity index (χ1) is 11.1. The van der Waals surface area contributed by atoms with Gasteiger partial charge < -0.3 is 10.1 Å². The van der Waals surface area contributed by atoms with Gasteiger partial charge in [-0.05, 0) is 42.3 Å². The summed E-state index contributed by atoms with van der Waals surface area (Å²) in [5.74, 6) is 0.374. The number of amides is 1. The van der Waals surface area contributed by atoms with Crippen molar-refractivity contribution in [3.05, 3.63) is 53.8 Å². The number of benzene rings is 2. The van der Waals surface area contributed by atoms with E-state index >= 15 is 0 Å². The SMILES string of the molecule is COc1ccc(CCC(=O)Nc2nc3ccc(F)cc3s2)cc1. The Morgan fingerprint density at radius 3 is 2.78 bits per heavy atom. The van der Waals surface area contributed by atoms with Gasteiger partial charge in [-0.2, -0.15) is 0 Å². The number of ether oxygens (including phenoxy) is 1. The summed E-state index contributed by atoms with van der Waals surface area (Å²) >= 11 is 1.27. The van der Waals surface area contributed by atoms with Crippen molar-refractivity contribution in [1.29, 1.82) is 0 Å². The van der Waals surface area contributed by atoms with Gasteiger partial charge in [-0.3, -0.25) is 4.79 Å². The monoisotopic (exact) mass is 330 g/mol. The molecule has 0 spiro atoms. The van der Waals surface area contributed by atoms with Gasteiger partial charge in [-0.1, -0.05) is 23.5 Å². The second-order valence-electron chi connectivity index (χ2n) is 5.03. The molecule has 0 aliphatic carbocycles. The van der Waals surface area contributed by atoms with Crippen LogP contribution in [0.25, 0.3) is 10.2 Å². The number of aromatic nitrogens is 1. The van der Waals surface area contributed by atoms with E-state index < -0.39 is 0 Å². The summed E-state index contributed by atoms with van der Waals surface area (Å²) in [7, 11) is 1.62. The van der Waals surface area contributed by atoms with Crippen LogP contribution in [0.1, 0.15) is 12.0 Å². The van der Waals surface area contributed by atoms with Gasteiger partial charge >= 0.3 is 0 Å². The van der Waals surface area contributed by atoms with E-state index in [0.717, 1.165) is 16.0 Å². The number of hydrogen-bond acceptors (Lipinski definition) is 4. The van der Waals surface area contributed by atoms with E-state index in [1.165, 1.54) is 23.5 Å². The largest absolute Gasteiger partial charge is 0.497 e. The predicted molar refractivity (Wildman–Crippen MR) is 89.5 cm³/mol. The summed E-state index contributed by atoms with van der Waals surface area (Å²) in [6.07, 6.45) is 0.992. The molecule has 0 radical (unpaired) electrons.